The molecular weight excluding hydrogens is 330 g/mol. The van der Waals surface area contributed by atoms with Crippen LogP contribution in [0.5, 0.6) is 0 Å². The SMILES string of the molecule is CCC1CCCCN1c1ccnc(C(=O)N2CCC3(CC2)OCCO3)c1. The molecule has 0 saturated carbocycles. The highest BCUT2D eigenvalue weighted by molar-refractivity contribution is 5.93. The van der Waals surface area contributed by atoms with Crippen molar-refractivity contribution in [3.05, 3.63) is 24.0 Å². The first-order chi connectivity index (χ1) is 12.7. The van der Waals surface area contributed by atoms with E-state index in [9.17, 15) is 4.79 Å². The summed E-state index contributed by atoms with van der Waals surface area (Å²) in [5.74, 6) is -0.432. The average Bonchev–Trinajstić information content (AvgIpc) is 3.16. The molecule has 26 heavy (non-hydrogen) atoms. The van der Waals surface area contributed by atoms with Gasteiger partial charge in [-0.3, -0.25) is 9.78 Å². The Balaban J connectivity index is 1.45. The van der Waals surface area contributed by atoms with Crippen LogP contribution in [0.2, 0.25) is 0 Å². The summed E-state index contributed by atoms with van der Waals surface area (Å²) >= 11 is 0. The van der Waals surface area contributed by atoms with Crippen molar-refractivity contribution in [1.82, 2.24) is 9.88 Å². The summed E-state index contributed by atoms with van der Waals surface area (Å²) < 4.78 is 11.5. The molecule has 0 aromatic carbocycles. The van der Waals surface area contributed by atoms with Crippen LogP contribution in [0.3, 0.4) is 0 Å². The number of aromatic nitrogens is 1. The van der Waals surface area contributed by atoms with Crippen LogP contribution >= 0.6 is 0 Å². The van der Waals surface area contributed by atoms with Crippen molar-refractivity contribution < 1.29 is 14.3 Å². The minimum Gasteiger partial charge on any atom is -0.368 e. The van der Waals surface area contributed by atoms with Gasteiger partial charge < -0.3 is 19.3 Å². The molecule has 1 unspecified atom stereocenters. The first kappa shape index (κ1) is 17.7. The van der Waals surface area contributed by atoms with Gasteiger partial charge in [-0.15, -0.1) is 0 Å². The fourth-order valence-corrected chi connectivity index (χ4v) is 4.48. The maximum atomic E-state index is 13.0. The number of carbonyl (C=O) groups excluding carboxylic acids is 1. The minimum absolute atomic E-state index is 0.0183. The zero-order chi connectivity index (χ0) is 18.0. The van der Waals surface area contributed by atoms with E-state index in [1.54, 1.807) is 6.20 Å². The van der Waals surface area contributed by atoms with E-state index in [0.717, 1.165) is 31.5 Å². The largest absolute Gasteiger partial charge is 0.368 e. The van der Waals surface area contributed by atoms with Gasteiger partial charge in [0.05, 0.1) is 13.2 Å². The Labute approximate surface area is 155 Å². The highest BCUT2D eigenvalue weighted by Gasteiger charge is 2.41. The van der Waals surface area contributed by atoms with Gasteiger partial charge in [-0.25, -0.2) is 0 Å². The lowest BCUT2D eigenvalue weighted by molar-refractivity contribution is -0.181. The molecule has 1 aromatic heterocycles. The maximum absolute atomic E-state index is 13.0. The first-order valence-electron chi connectivity index (χ1n) is 10.0. The standard InChI is InChI=1S/C20H29N3O3/c1-2-16-5-3-4-10-23(16)17-6-9-21-18(15-17)19(24)22-11-7-20(8-12-22)25-13-14-26-20/h6,9,15-16H,2-5,7-8,10-14H2,1H3. The van der Waals surface area contributed by atoms with Crippen LogP contribution in [0.4, 0.5) is 5.69 Å². The molecule has 142 valence electrons. The molecule has 0 aliphatic carbocycles. The molecule has 3 saturated heterocycles. The van der Waals surface area contributed by atoms with Crippen molar-refractivity contribution in [2.75, 3.05) is 37.7 Å². The van der Waals surface area contributed by atoms with Gasteiger partial charge in [0, 0.05) is 50.4 Å². The summed E-state index contributed by atoms with van der Waals surface area (Å²) in [6.45, 7) is 5.94. The molecular formula is C20H29N3O3. The molecule has 1 atom stereocenters. The van der Waals surface area contributed by atoms with Gasteiger partial charge in [0.1, 0.15) is 5.69 Å². The number of amides is 1. The lowest BCUT2D eigenvalue weighted by Crippen LogP contribution is -2.47. The zero-order valence-corrected chi connectivity index (χ0v) is 15.7. The van der Waals surface area contributed by atoms with Crippen LogP contribution in [0.15, 0.2) is 18.3 Å². The van der Waals surface area contributed by atoms with Crippen molar-refractivity contribution in [1.29, 1.82) is 0 Å². The van der Waals surface area contributed by atoms with Crippen LogP contribution in [-0.4, -0.2) is 60.5 Å². The predicted molar refractivity (Wildman–Crippen MR) is 99.3 cm³/mol. The van der Waals surface area contributed by atoms with Crippen molar-refractivity contribution in [2.45, 2.75) is 57.3 Å². The Hall–Kier alpha value is -1.66. The van der Waals surface area contributed by atoms with E-state index in [4.69, 9.17) is 9.47 Å². The second kappa shape index (κ2) is 7.53. The molecule has 3 aliphatic rings. The Kier molecular flexibility index (Phi) is 5.14. The van der Waals surface area contributed by atoms with E-state index in [1.807, 2.05) is 17.0 Å². The molecule has 6 heteroatoms. The predicted octanol–water partition coefficient (Wildman–Crippen LogP) is 2.83. The van der Waals surface area contributed by atoms with Crippen LogP contribution < -0.4 is 4.90 Å². The number of pyridine rings is 1. The van der Waals surface area contributed by atoms with Crippen molar-refractivity contribution >= 4 is 11.6 Å². The Bertz CT molecular complexity index is 635. The number of nitrogens with zero attached hydrogens (tertiary/aromatic N) is 3. The highest BCUT2D eigenvalue weighted by Crippen LogP contribution is 2.32. The van der Waals surface area contributed by atoms with Gasteiger partial charge in [0.25, 0.3) is 5.91 Å². The van der Waals surface area contributed by atoms with Crippen LogP contribution in [0.1, 0.15) is 55.9 Å². The Morgan fingerprint density at radius 3 is 2.73 bits per heavy atom. The molecule has 6 nitrogen and oxygen atoms in total. The number of hydrogen-bond donors (Lipinski definition) is 0. The van der Waals surface area contributed by atoms with Gasteiger partial charge in [0.15, 0.2) is 5.79 Å². The third-order valence-electron chi connectivity index (χ3n) is 6.02. The van der Waals surface area contributed by atoms with Crippen LogP contribution in [0, 0.1) is 0 Å². The average molecular weight is 359 g/mol. The summed E-state index contributed by atoms with van der Waals surface area (Å²) in [6, 6.07) is 4.58. The third kappa shape index (κ3) is 3.45. The quantitative estimate of drug-likeness (QED) is 0.831. The first-order valence-corrected chi connectivity index (χ1v) is 10.0. The lowest BCUT2D eigenvalue weighted by Gasteiger charge is -2.38. The normalized spacial score (nSPS) is 25.7. The Morgan fingerprint density at radius 1 is 1.23 bits per heavy atom. The van der Waals surface area contributed by atoms with Gasteiger partial charge in [-0.05, 0) is 37.8 Å². The zero-order valence-electron chi connectivity index (χ0n) is 15.7. The van der Waals surface area contributed by atoms with E-state index in [2.05, 4.69) is 16.8 Å². The van der Waals surface area contributed by atoms with Crippen LogP contribution in [-0.2, 0) is 9.47 Å². The molecule has 1 spiro atoms. The van der Waals surface area contributed by atoms with Gasteiger partial charge in [0.2, 0.25) is 0 Å². The number of ether oxygens (including phenoxy) is 2. The number of piperidine rings is 2. The minimum atomic E-state index is -0.450. The molecule has 4 rings (SSSR count). The molecule has 1 aromatic rings. The molecule has 0 bridgehead atoms. The van der Waals surface area contributed by atoms with E-state index in [-0.39, 0.29) is 5.91 Å². The highest BCUT2D eigenvalue weighted by atomic mass is 16.7. The molecule has 0 radical (unpaired) electrons. The van der Waals surface area contributed by atoms with Crippen molar-refractivity contribution in [3.63, 3.8) is 0 Å². The van der Waals surface area contributed by atoms with Crippen LogP contribution in [0.25, 0.3) is 0 Å². The van der Waals surface area contributed by atoms with E-state index in [0.29, 0.717) is 38.0 Å². The van der Waals surface area contributed by atoms with Gasteiger partial charge in [-0.1, -0.05) is 6.92 Å². The number of hydrogen-bond acceptors (Lipinski definition) is 5. The smallest absolute Gasteiger partial charge is 0.272 e. The fraction of sp³-hybridized carbons (Fsp3) is 0.700. The summed E-state index contributed by atoms with van der Waals surface area (Å²) in [7, 11) is 0. The summed E-state index contributed by atoms with van der Waals surface area (Å²) in [5, 5.41) is 0. The summed E-state index contributed by atoms with van der Waals surface area (Å²) in [4.78, 5) is 21.7. The van der Waals surface area contributed by atoms with Gasteiger partial charge >= 0.3 is 0 Å². The third-order valence-corrected chi connectivity index (χ3v) is 6.02. The molecule has 1 amide bonds. The van der Waals surface area contributed by atoms with E-state index >= 15 is 0 Å². The monoisotopic (exact) mass is 359 g/mol. The van der Waals surface area contributed by atoms with E-state index in [1.165, 1.54) is 19.3 Å². The summed E-state index contributed by atoms with van der Waals surface area (Å²) in [5.41, 5.74) is 1.68. The Morgan fingerprint density at radius 2 is 2.00 bits per heavy atom. The number of anilines is 1. The topological polar surface area (TPSA) is 54.9 Å². The van der Waals surface area contributed by atoms with Crippen molar-refractivity contribution in [2.24, 2.45) is 0 Å². The fourth-order valence-electron chi connectivity index (χ4n) is 4.48. The molecule has 0 N–H and O–H groups in total. The number of likely N-dealkylation sites (tertiary alicyclic amines) is 1. The summed E-state index contributed by atoms with van der Waals surface area (Å²) in [6.07, 6.45) is 8.14. The molecule has 4 heterocycles. The second-order valence-electron chi connectivity index (χ2n) is 7.55. The number of carbonyl (C=O) groups is 1. The van der Waals surface area contributed by atoms with E-state index < -0.39 is 5.79 Å². The lowest BCUT2D eigenvalue weighted by atomic mass is 9.99. The molecule has 3 aliphatic heterocycles. The van der Waals surface area contributed by atoms with Crippen molar-refractivity contribution in [3.8, 4) is 0 Å². The number of rotatable bonds is 3. The maximum Gasteiger partial charge on any atom is 0.272 e. The second-order valence-corrected chi connectivity index (χ2v) is 7.55. The van der Waals surface area contributed by atoms with Gasteiger partial charge in [-0.2, -0.15) is 0 Å². The molecule has 3 fully saturated rings.